The van der Waals surface area contributed by atoms with Gasteiger partial charge in [-0.15, -0.1) is 24.0 Å². The van der Waals surface area contributed by atoms with E-state index in [-0.39, 0.29) is 41.7 Å². The smallest absolute Gasteiger partial charge is 0.387 e. The number of ether oxygens (including phenoxy) is 2. The van der Waals surface area contributed by atoms with Gasteiger partial charge < -0.3 is 25.2 Å². The number of nitrogens with one attached hydrogen (secondary N) is 2. The average molecular weight is 485 g/mol. The number of rotatable bonds is 8. The molecule has 1 aliphatic heterocycles. The monoisotopic (exact) mass is 485 g/mol. The minimum absolute atomic E-state index is 0. The van der Waals surface area contributed by atoms with E-state index >= 15 is 0 Å². The van der Waals surface area contributed by atoms with Crippen LogP contribution < -0.4 is 15.4 Å². The minimum Gasteiger partial charge on any atom is -0.435 e. The first-order valence-electron chi connectivity index (χ1n) is 8.24. The van der Waals surface area contributed by atoms with Crippen LogP contribution in [0.1, 0.15) is 25.5 Å². The number of nitrogens with zero attached hydrogens (tertiary/aromatic N) is 1. The zero-order valence-electron chi connectivity index (χ0n) is 14.9. The number of hydrogen-bond donors (Lipinski definition) is 3. The summed E-state index contributed by atoms with van der Waals surface area (Å²) in [4.78, 5) is 4.52. The van der Waals surface area contributed by atoms with Crippen LogP contribution in [0.15, 0.2) is 29.3 Å². The van der Waals surface area contributed by atoms with E-state index < -0.39 is 12.7 Å². The molecular weight excluding hydrogens is 459 g/mol. The lowest BCUT2D eigenvalue weighted by molar-refractivity contribution is -0.0945. The van der Waals surface area contributed by atoms with Crippen molar-refractivity contribution in [2.24, 2.45) is 10.4 Å². The molecule has 6 nitrogen and oxygen atoms in total. The molecule has 9 heteroatoms. The molecule has 0 radical (unpaired) electrons. The number of alkyl halides is 2. The maximum absolute atomic E-state index is 12.1. The second-order valence-electron chi connectivity index (χ2n) is 6.34. The van der Waals surface area contributed by atoms with Crippen LogP contribution in [0.25, 0.3) is 0 Å². The molecule has 2 rings (SSSR count). The van der Waals surface area contributed by atoms with Gasteiger partial charge in [0.15, 0.2) is 5.96 Å². The molecule has 1 fully saturated rings. The summed E-state index contributed by atoms with van der Waals surface area (Å²) in [5, 5.41) is 16.4. The molecule has 0 aliphatic carbocycles. The van der Waals surface area contributed by atoms with Crippen molar-refractivity contribution in [1.29, 1.82) is 0 Å². The van der Waals surface area contributed by atoms with Crippen LogP contribution in [0.5, 0.6) is 5.75 Å². The Kier molecular flexibility index (Phi) is 9.51. The third-order valence-corrected chi connectivity index (χ3v) is 3.82. The first-order chi connectivity index (χ1) is 11.9. The lowest BCUT2D eigenvalue weighted by Crippen LogP contribution is -2.45. The normalized spacial score (nSPS) is 17.1. The van der Waals surface area contributed by atoms with Gasteiger partial charge in [-0.1, -0.05) is 19.1 Å². The molecule has 1 aromatic rings. The van der Waals surface area contributed by atoms with Crippen molar-refractivity contribution in [2.75, 3.05) is 32.8 Å². The number of benzene rings is 1. The van der Waals surface area contributed by atoms with E-state index in [2.05, 4.69) is 27.3 Å². The van der Waals surface area contributed by atoms with Crippen molar-refractivity contribution >= 4 is 29.9 Å². The highest BCUT2D eigenvalue weighted by atomic mass is 127. The molecule has 26 heavy (non-hydrogen) atoms. The third-order valence-electron chi connectivity index (χ3n) is 3.82. The zero-order chi connectivity index (χ0) is 18.3. The number of aliphatic hydroxyl groups is 1. The van der Waals surface area contributed by atoms with Crippen molar-refractivity contribution in [1.82, 2.24) is 10.6 Å². The van der Waals surface area contributed by atoms with Gasteiger partial charge in [0.05, 0.1) is 25.9 Å². The maximum atomic E-state index is 12.1. The fourth-order valence-corrected chi connectivity index (χ4v) is 2.34. The molecule has 0 spiro atoms. The van der Waals surface area contributed by atoms with Crippen LogP contribution in [0, 0.1) is 5.41 Å². The molecule has 148 valence electrons. The van der Waals surface area contributed by atoms with Crippen molar-refractivity contribution in [3.05, 3.63) is 29.8 Å². The predicted molar refractivity (Wildman–Crippen MR) is 106 cm³/mol. The highest BCUT2D eigenvalue weighted by Gasteiger charge is 2.33. The number of aliphatic imine (C=N–C) groups is 1. The number of aliphatic hydroxyl groups excluding tert-OH is 1. The van der Waals surface area contributed by atoms with Crippen LogP contribution in [0.3, 0.4) is 0 Å². The first-order valence-corrected chi connectivity index (χ1v) is 8.24. The average Bonchev–Trinajstić information content (AvgIpc) is 2.55. The quantitative estimate of drug-likeness (QED) is 0.300. The second-order valence-corrected chi connectivity index (χ2v) is 6.34. The zero-order valence-corrected chi connectivity index (χ0v) is 17.2. The van der Waals surface area contributed by atoms with Crippen molar-refractivity contribution in [2.45, 2.75) is 26.6 Å². The fourth-order valence-electron chi connectivity index (χ4n) is 2.34. The topological polar surface area (TPSA) is 75.1 Å². The van der Waals surface area contributed by atoms with Gasteiger partial charge >= 0.3 is 6.61 Å². The van der Waals surface area contributed by atoms with E-state index in [1.54, 1.807) is 12.1 Å². The predicted octanol–water partition coefficient (Wildman–Crippen LogP) is 2.53. The summed E-state index contributed by atoms with van der Waals surface area (Å²) in [6.45, 7) is 4.20. The van der Waals surface area contributed by atoms with Crippen LogP contribution >= 0.6 is 24.0 Å². The summed E-state index contributed by atoms with van der Waals surface area (Å²) >= 11 is 0. The van der Waals surface area contributed by atoms with Crippen LogP contribution in [0.2, 0.25) is 0 Å². The van der Waals surface area contributed by atoms with Gasteiger partial charge in [0.1, 0.15) is 5.75 Å². The highest BCUT2D eigenvalue weighted by molar-refractivity contribution is 14.0. The summed E-state index contributed by atoms with van der Waals surface area (Å²) in [6, 6.07) is 5.92. The summed E-state index contributed by atoms with van der Waals surface area (Å²) in [5.74, 6) is 0.678. The van der Waals surface area contributed by atoms with Gasteiger partial charge in [0.2, 0.25) is 0 Å². The lowest BCUT2D eigenvalue weighted by Gasteiger charge is -2.36. The SMILES string of the molecule is CCNC(=NCC1(C)COC1)NCC(O)c1ccc(OC(F)F)cc1.I. The van der Waals surface area contributed by atoms with Gasteiger partial charge in [0, 0.05) is 18.5 Å². The number of guanidine groups is 1. The van der Waals surface area contributed by atoms with Crippen molar-refractivity contribution in [3.8, 4) is 5.75 Å². The van der Waals surface area contributed by atoms with Gasteiger partial charge in [-0.2, -0.15) is 8.78 Å². The van der Waals surface area contributed by atoms with E-state index in [1.165, 1.54) is 12.1 Å². The Morgan fingerprint density at radius 2 is 1.96 bits per heavy atom. The van der Waals surface area contributed by atoms with Gasteiger partial charge in [-0.3, -0.25) is 4.99 Å². The number of hydrogen-bond acceptors (Lipinski definition) is 4. The summed E-state index contributed by atoms with van der Waals surface area (Å²) in [7, 11) is 0. The molecular formula is C17H26F2IN3O3. The third kappa shape index (κ3) is 7.20. The van der Waals surface area contributed by atoms with E-state index in [0.717, 1.165) is 0 Å². The van der Waals surface area contributed by atoms with E-state index in [4.69, 9.17) is 4.74 Å². The summed E-state index contributed by atoms with van der Waals surface area (Å²) in [5.41, 5.74) is 0.672. The highest BCUT2D eigenvalue weighted by Crippen LogP contribution is 2.26. The molecule has 1 atom stereocenters. The molecule has 0 aromatic heterocycles. The first kappa shape index (κ1) is 22.8. The Labute approximate surface area is 169 Å². The molecule has 0 saturated carbocycles. The van der Waals surface area contributed by atoms with Crippen molar-refractivity contribution < 1.29 is 23.4 Å². The Bertz CT molecular complexity index is 569. The van der Waals surface area contributed by atoms with Crippen LogP contribution in [-0.4, -0.2) is 50.5 Å². The molecule has 0 amide bonds. The summed E-state index contributed by atoms with van der Waals surface area (Å²) in [6.07, 6.45) is -0.799. The maximum Gasteiger partial charge on any atom is 0.387 e. The Morgan fingerprint density at radius 1 is 1.31 bits per heavy atom. The Morgan fingerprint density at radius 3 is 2.46 bits per heavy atom. The fraction of sp³-hybridized carbons (Fsp3) is 0.588. The van der Waals surface area contributed by atoms with E-state index in [9.17, 15) is 13.9 Å². The molecule has 1 aliphatic rings. The van der Waals surface area contributed by atoms with E-state index in [0.29, 0.717) is 37.8 Å². The molecule has 1 heterocycles. The largest absolute Gasteiger partial charge is 0.435 e. The Hall–Kier alpha value is -1.20. The van der Waals surface area contributed by atoms with Gasteiger partial charge in [-0.05, 0) is 24.6 Å². The molecule has 1 saturated heterocycles. The standard InChI is InChI=1S/C17H25F2N3O3.HI/c1-3-20-16(22-9-17(2)10-24-11-17)21-8-14(23)12-4-6-13(7-5-12)25-15(18)19;/h4-7,14-15,23H,3,8-11H2,1-2H3,(H2,20,21,22);1H. The number of halogens is 3. The Balaban J connectivity index is 0.00000338. The van der Waals surface area contributed by atoms with Gasteiger partial charge in [0.25, 0.3) is 0 Å². The van der Waals surface area contributed by atoms with Crippen molar-refractivity contribution in [3.63, 3.8) is 0 Å². The molecule has 0 bridgehead atoms. The lowest BCUT2D eigenvalue weighted by atomic mass is 9.89. The molecule has 1 aromatic carbocycles. The van der Waals surface area contributed by atoms with Crippen LogP contribution in [0.4, 0.5) is 8.78 Å². The second kappa shape index (κ2) is 10.8. The summed E-state index contributed by atoms with van der Waals surface area (Å²) < 4.78 is 33.8. The minimum atomic E-state index is -2.86. The molecule has 3 N–H and O–H groups in total. The molecule has 1 unspecified atom stereocenters. The van der Waals surface area contributed by atoms with Gasteiger partial charge in [-0.25, -0.2) is 0 Å². The van der Waals surface area contributed by atoms with E-state index in [1.807, 2.05) is 6.92 Å². The van der Waals surface area contributed by atoms with Crippen LogP contribution in [-0.2, 0) is 4.74 Å².